The summed E-state index contributed by atoms with van der Waals surface area (Å²) < 4.78 is 0. The van der Waals surface area contributed by atoms with Crippen LogP contribution in [0.25, 0.3) is 0 Å². The van der Waals surface area contributed by atoms with Crippen LogP contribution in [0.3, 0.4) is 0 Å². The van der Waals surface area contributed by atoms with Gasteiger partial charge in [-0.05, 0) is 24.1 Å². The molecule has 6 nitrogen and oxygen atoms in total. The number of nitrogens with zero attached hydrogens (tertiary/aromatic N) is 1. The van der Waals surface area contributed by atoms with Crippen molar-refractivity contribution in [2.45, 2.75) is 20.3 Å². The van der Waals surface area contributed by atoms with E-state index in [1.807, 2.05) is 13.8 Å². The quantitative estimate of drug-likeness (QED) is 0.732. The Morgan fingerprint density at radius 3 is 2.42 bits per heavy atom. The van der Waals surface area contributed by atoms with Crippen LogP contribution < -0.4 is 5.32 Å². The van der Waals surface area contributed by atoms with Crippen LogP contribution in [0.4, 0.5) is 0 Å². The van der Waals surface area contributed by atoms with Gasteiger partial charge in [0.05, 0.1) is 23.0 Å². The van der Waals surface area contributed by atoms with Crippen LogP contribution in [-0.2, 0) is 9.59 Å². The van der Waals surface area contributed by atoms with Gasteiger partial charge in [0.15, 0.2) is 0 Å². The molecule has 1 aromatic rings. The highest BCUT2D eigenvalue weighted by Crippen LogP contribution is 2.22. The molecule has 1 rings (SSSR count). The van der Waals surface area contributed by atoms with Crippen LogP contribution >= 0.6 is 23.2 Å². The summed E-state index contributed by atoms with van der Waals surface area (Å²) in [5.74, 6) is -1.58. The van der Waals surface area contributed by atoms with Crippen molar-refractivity contribution in [2.24, 2.45) is 5.92 Å². The molecule has 0 unspecified atom stereocenters. The molecule has 0 spiro atoms. The maximum absolute atomic E-state index is 12.2. The Morgan fingerprint density at radius 2 is 1.88 bits per heavy atom. The standard InChI is InChI=1S/C16H20Cl2N2O4/c1-10(2)9-20(6-5-15(22)23)14(21)8-19-16(24)11-3-4-12(17)13(18)7-11/h3-4,7,10H,5-6,8-9H2,1-2H3,(H,19,24)(H,22,23). The molecule has 0 aliphatic heterocycles. The third-order valence-electron chi connectivity index (χ3n) is 3.12. The maximum Gasteiger partial charge on any atom is 0.305 e. The number of hydrogen-bond acceptors (Lipinski definition) is 3. The lowest BCUT2D eigenvalue weighted by Gasteiger charge is -2.24. The van der Waals surface area contributed by atoms with Crippen molar-refractivity contribution >= 4 is 41.0 Å². The third kappa shape index (κ3) is 6.76. The van der Waals surface area contributed by atoms with E-state index >= 15 is 0 Å². The number of carboxylic acids is 1. The zero-order valence-corrected chi connectivity index (χ0v) is 15.0. The summed E-state index contributed by atoms with van der Waals surface area (Å²) in [7, 11) is 0. The number of benzene rings is 1. The molecule has 24 heavy (non-hydrogen) atoms. The number of carboxylic acid groups (broad SMARTS) is 1. The van der Waals surface area contributed by atoms with Crippen LogP contribution in [0.5, 0.6) is 0 Å². The highest BCUT2D eigenvalue weighted by atomic mass is 35.5. The molecule has 0 aliphatic carbocycles. The second-order valence-corrected chi connectivity index (χ2v) is 6.50. The molecule has 8 heteroatoms. The Kier molecular flexibility index (Phi) is 8.01. The zero-order chi connectivity index (χ0) is 18.3. The molecular formula is C16H20Cl2N2O4. The van der Waals surface area contributed by atoms with Gasteiger partial charge in [-0.1, -0.05) is 37.0 Å². The van der Waals surface area contributed by atoms with Crippen molar-refractivity contribution in [3.05, 3.63) is 33.8 Å². The molecule has 1 aromatic carbocycles. The van der Waals surface area contributed by atoms with Gasteiger partial charge in [-0.2, -0.15) is 0 Å². The van der Waals surface area contributed by atoms with Crippen molar-refractivity contribution < 1.29 is 19.5 Å². The number of aliphatic carboxylic acids is 1. The van der Waals surface area contributed by atoms with Gasteiger partial charge in [0, 0.05) is 18.7 Å². The van der Waals surface area contributed by atoms with Gasteiger partial charge in [-0.3, -0.25) is 14.4 Å². The van der Waals surface area contributed by atoms with Crippen LogP contribution in [0, 0.1) is 5.92 Å². The number of rotatable bonds is 8. The predicted molar refractivity (Wildman–Crippen MR) is 92.5 cm³/mol. The lowest BCUT2D eigenvalue weighted by atomic mass is 10.2. The van der Waals surface area contributed by atoms with Gasteiger partial charge in [0.25, 0.3) is 5.91 Å². The molecule has 0 bridgehead atoms. The minimum Gasteiger partial charge on any atom is -0.481 e. The molecule has 0 saturated heterocycles. The van der Waals surface area contributed by atoms with Gasteiger partial charge in [0.1, 0.15) is 0 Å². The monoisotopic (exact) mass is 374 g/mol. The average molecular weight is 375 g/mol. The molecule has 0 aromatic heterocycles. The molecule has 0 aliphatic rings. The van der Waals surface area contributed by atoms with Gasteiger partial charge in [-0.25, -0.2) is 0 Å². The SMILES string of the molecule is CC(C)CN(CCC(=O)O)C(=O)CNC(=O)c1ccc(Cl)c(Cl)c1. The maximum atomic E-state index is 12.2. The summed E-state index contributed by atoms with van der Waals surface area (Å²) in [5.41, 5.74) is 0.290. The molecule has 2 N–H and O–H groups in total. The second-order valence-electron chi connectivity index (χ2n) is 5.69. The summed E-state index contributed by atoms with van der Waals surface area (Å²) in [4.78, 5) is 36.4. The van der Waals surface area contributed by atoms with Crippen molar-refractivity contribution in [3.8, 4) is 0 Å². The number of halogens is 2. The van der Waals surface area contributed by atoms with Crippen LogP contribution in [0.1, 0.15) is 30.6 Å². The Morgan fingerprint density at radius 1 is 1.21 bits per heavy atom. The van der Waals surface area contributed by atoms with Crippen molar-refractivity contribution in [1.82, 2.24) is 10.2 Å². The van der Waals surface area contributed by atoms with E-state index in [1.165, 1.54) is 23.1 Å². The first-order valence-corrected chi connectivity index (χ1v) is 8.19. The Bertz CT molecular complexity index is 620. The fraction of sp³-hybridized carbons (Fsp3) is 0.438. The minimum atomic E-state index is -0.976. The highest BCUT2D eigenvalue weighted by molar-refractivity contribution is 6.42. The van der Waals surface area contributed by atoms with Crippen LogP contribution in [0.15, 0.2) is 18.2 Å². The molecule has 132 valence electrons. The number of carbonyl (C=O) groups is 3. The fourth-order valence-electron chi connectivity index (χ4n) is 2.00. The van der Waals surface area contributed by atoms with Crippen molar-refractivity contribution in [1.29, 1.82) is 0 Å². The summed E-state index contributed by atoms with van der Waals surface area (Å²) in [5, 5.41) is 11.9. The molecule has 0 radical (unpaired) electrons. The largest absolute Gasteiger partial charge is 0.481 e. The first-order valence-electron chi connectivity index (χ1n) is 7.43. The van der Waals surface area contributed by atoms with E-state index in [9.17, 15) is 14.4 Å². The molecule has 0 fully saturated rings. The molecule has 2 amide bonds. The van der Waals surface area contributed by atoms with Crippen molar-refractivity contribution in [3.63, 3.8) is 0 Å². The van der Waals surface area contributed by atoms with Crippen LogP contribution in [-0.4, -0.2) is 47.4 Å². The van der Waals surface area contributed by atoms with E-state index in [0.29, 0.717) is 11.6 Å². The van der Waals surface area contributed by atoms with Crippen molar-refractivity contribution in [2.75, 3.05) is 19.6 Å². The Balaban J connectivity index is 2.64. The van der Waals surface area contributed by atoms with E-state index < -0.39 is 11.9 Å². The Hall–Kier alpha value is -1.79. The third-order valence-corrected chi connectivity index (χ3v) is 3.85. The molecular weight excluding hydrogens is 355 g/mol. The van der Waals surface area contributed by atoms with Gasteiger partial charge in [0.2, 0.25) is 5.91 Å². The summed E-state index contributed by atoms with van der Waals surface area (Å²) in [6.07, 6.45) is -0.140. The normalized spacial score (nSPS) is 10.5. The average Bonchev–Trinajstić information content (AvgIpc) is 2.50. The lowest BCUT2D eigenvalue weighted by Crippen LogP contribution is -2.42. The van der Waals surface area contributed by atoms with Gasteiger partial charge >= 0.3 is 5.97 Å². The zero-order valence-electron chi connectivity index (χ0n) is 13.5. The smallest absolute Gasteiger partial charge is 0.305 e. The number of nitrogens with one attached hydrogen (secondary N) is 1. The topological polar surface area (TPSA) is 86.7 Å². The number of hydrogen-bond donors (Lipinski definition) is 2. The first kappa shape index (κ1) is 20.3. The number of amides is 2. The summed E-state index contributed by atoms with van der Waals surface area (Å²) in [6, 6.07) is 4.42. The highest BCUT2D eigenvalue weighted by Gasteiger charge is 2.17. The fourth-order valence-corrected chi connectivity index (χ4v) is 2.29. The summed E-state index contributed by atoms with van der Waals surface area (Å²) in [6.45, 7) is 4.17. The first-order chi connectivity index (χ1) is 11.2. The Labute approximate surface area is 150 Å². The molecule has 0 saturated carbocycles. The molecule has 0 atom stereocenters. The van der Waals surface area contributed by atoms with E-state index in [-0.39, 0.29) is 41.9 Å². The second kappa shape index (κ2) is 9.49. The predicted octanol–water partition coefficient (Wildman–Crippen LogP) is 2.68. The van der Waals surface area contributed by atoms with E-state index in [4.69, 9.17) is 28.3 Å². The van der Waals surface area contributed by atoms with E-state index in [2.05, 4.69) is 5.32 Å². The molecule has 0 heterocycles. The summed E-state index contributed by atoms with van der Waals surface area (Å²) >= 11 is 11.6. The lowest BCUT2D eigenvalue weighted by molar-refractivity contribution is -0.138. The van der Waals surface area contributed by atoms with Crippen LogP contribution in [0.2, 0.25) is 10.0 Å². The van der Waals surface area contributed by atoms with Gasteiger partial charge in [-0.15, -0.1) is 0 Å². The van der Waals surface area contributed by atoms with E-state index in [0.717, 1.165) is 0 Å². The van der Waals surface area contributed by atoms with Gasteiger partial charge < -0.3 is 15.3 Å². The van der Waals surface area contributed by atoms with E-state index in [1.54, 1.807) is 0 Å². The number of carbonyl (C=O) groups excluding carboxylic acids is 2. The minimum absolute atomic E-state index is 0.106.